The van der Waals surface area contributed by atoms with Crippen molar-refractivity contribution in [2.75, 3.05) is 0 Å². The lowest BCUT2D eigenvalue weighted by Gasteiger charge is -2.11. The van der Waals surface area contributed by atoms with E-state index in [1.165, 1.54) is 22.3 Å². The van der Waals surface area contributed by atoms with Crippen molar-refractivity contribution in [3.8, 4) is 0 Å². The van der Waals surface area contributed by atoms with Crippen LogP contribution in [0.1, 0.15) is 36.1 Å². The molecule has 0 bridgehead atoms. The van der Waals surface area contributed by atoms with Crippen LogP contribution in [0.25, 0.3) is 0 Å². The van der Waals surface area contributed by atoms with Gasteiger partial charge in [-0.3, -0.25) is 4.79 Å². The van der Waals surface area contributed by atoms with Crippen LogP contribution in [0.2, 0.25) is 0 Å². The van der Waals surface area contributed by atoms with Crippen molar-refractivity contribution in [1.82, 2.24) is 0 Å². The third-order valence-electron chi connectivity index (χ3n) is 2.59. The molecule has 1 aromatic rings. The highest BCUT2D eigenvalue weighted by Gasteiger charge is 2.06. The number of aryl methyl sites for hydroxylation is 3. The second-order valence-corrected chi connectivity index (χ2v) is 3.59. The molecule has 0 aliphatic rings. The normalized spacial score (nSPS) is 10.2. The highest BCUT2D eigenvalue weighted by atomic mass is 16.1. The lowest BCUT2D eigenvalue weighted by Crippen LogP contribution is -2.01. The topological polar surface area (TPSA) is 17.1 Å². The molecule has 0 amide bonds. The van der Waals surface area contributed by atoms with Gasteiger partial charge in [0.1, 0.15) is 0 Å². The van der Waals surface area contributed by atoms with Gasteiger partial charge in [-0.2, -0.15) is 0 Å². The minimum atomic E-state index is 0.437. The second-order valence-electron chi connectivity index (χ2n) is 3.59. The van der Waals surface area contributed by atoms with Crippen molar-refractivity contribution in [3.05, 3.63) is 34.4 Å². The van der Waals surface area contributed by atoms with Crippen molar-refractivity contribution < 1.29 is 4.79 Å². The van der Waals surface area contributed by atoms with Gasteiger partial charge in [0.05, 0.1) is 0 Å². The molecule has 0 atom stereocenters. The van der Waals surface area contributed by atoms with Crippen LogP contribution in [0.4, 0.5) is 0 Å². The summed E-state index contributed by atoms with van der Waals surface area (Å²) >= 11 is 0. The fraction of sp³-hybridized carbons (Fsp3) is 0.462. The number of hydrogen-bond acceptors (Lipinski definition) is 1. The molecule has 0 heterocycles. The zero-order chi connectivity index (χ0) is 10.6. The van der Waals surface area contributed by atoms with Gasteiger partial charge in [-0.25, -0.2) is 0 Å². The van der Waals surface area contributed by atoms with Gasteiger partial charge < -0.3 is 0 Å². The third-order valence-corrected chi connectivity index (χ3v) is 2.59. The van der Waals surface area contributed by atoms with Crippen LogP contribution in [0.15, 0.2) is 12.1 Å². The summed E-state index contributed by atoms with van der Waals surface area (Å²) in [5, 5.41) is 0. The monoisotopic (exact) mass is 189 g/mol. The van der Waals surface area contributed by atoms with Crippen LogP contribution in [0, 0.1) is 6.92 Å². The maximum Gasteiger partial charge on any atom is 0.203 e. The first-order valence-corrected chi connectivity index (χ1v) is 5.19. The largest absolute Gasteiger partial charge is 0.291 e. The molecular formula is C13H17O. The number of carbonyl (C=O) groups excluding carboxylic acids is 1. The number of hydrogen-bond donors (Lipinski definition) is 0. The van der Waals surface area contributed by atoms with Gasteiger partial charge in [0.25, 0.3) is 0 Å². The Bertz CT molecular complexity index is 301. The van der Waals surface area contributed by atoms with E-state index in [1.807, 2.05) is 6.29 Å². The molecule has 0 aromatic heterocycles. The fourth-order valence-electron chi connectivity index (χ4n) is 1.90. The molecule has 1 aromatic carbocycles. The molecule has 0 N–H and O–H groups in total. The first kappa shape index (κ1) is 11.0. The summed E-state index contributed by atoms with van der Waals surface area (Å²) in [5.41, 5.74) is 5.07. The van der Waals surface area contributed by atoms with E-state index in [-0.39, 0.29) is 0 Å². The Morgan fingerprint density at radius 3 is 2.00 bits per heavy atom. The van der Waals surface area contributed by atoms with Crippen LogP contribution in [0.3, 0.4) is 0 Å². The highest BCUT2D eigenvalue weighted by molar-refractivity contribution is 5.59. The Morgan fingerprint density at radius 2 is 1.64 bits per heavy atom. The van der Waals surface area contributed by atoms with Crippen LogP contribution in [0.5, 0.6) is 0 Å². The summed E-state index contributed by atoms with van der Waals surface area (Å²) in [5.74, 6) is 0. The molecule has 14 heavy (non-hydrogen) atoms. The second kappa shape index (κ2) is 4.94. The van der Waals surface area contributed by atoms with E-state index in [4.69, 9.17) is 0 Å². The first-order valence-electron chi connectivity index (χ1n) is 5.19. The molecule has 0 spiro atoms. The van der Waals surface area contributed by atoms with E-state index in [1.54, 1.807) is 0 Å². The summed E-state index contributed by atoms with van der Waals surface area (Å²) in [6.45, 7) is 6.36. The van der Waals surface area contributed by atoms with Crippen LogP contribution in [-0.2, 0) is 24.1 Å². The molecule has 0 saturated carbocycles. The third kappa shape index (κ3) is 2.22. The molecule has 1 rings (SSSR count). The Morgan fingerprint density at radius 1 is 1.14 bits per heavy atom. The Labute approximate surface area is 86.1 Å². The minimum Gasteiger partial charge on any atom is -0.291 e. The standard InChI is InChI=1S/C13H17O/c1-4-11-8-10(3)9-12(5-2)13(11)6-7-14/h8-9H,4-6H2,1-3H3. The molecule has 0 aliphatic carbocycles. The maximum absolute atomic E-state index is 10.5. The number of benzene rings is 1. The van der Waals surface area contributed by atoms with Crippen molar-refractivity contribution >= 4 is 6.29 Å². The summed E-state index contributed by atoms with van der Waals surface area (Å²) in [6, 6.07) is 4.34. The van der Waals surface area contributed by atoms with Crippen molar-refractivity contribution in [3.63, 3.8) is 0 Å². The Hall–Kier alpha value is -1.11. The molecule has 0 fully saturated rings. The lowest BCUT2D eigenvalue weighted by atomic mass is 9.93. The molecule has 0 unspecified atom stereocenters. The van der Waals surface area contributed by atoms with Crippen LogP contribution < -0.4 is 0 Å². The quantitative estimate of drug-likeness (QED) is 0.711. The molecule has 0 saturated heterocycles. The van der Waals surface area contributed by atoms with E-state index < -0.39 is 0 Å². The van der Waals surface area contributed by atoms with Gasteiger partial charge in [0.2, 0.25) is 6.29 Å². The van der Waals surface area contributed by atoms with Gasteiger partial charge in [-0.05, 0) is 36.5 Å². The van der Waals surface area contributed by atoms with Gasteiger partial charge in [0.15, 0.2) is 0 Å². The average Bonchev–Trinajstić information content (AvgIpc) is 2.20. The van der Waals surface area contributed by atoms with E-state index in [2.05, 4.69) is 32.9 Å². The molecule has 1 radical (unpaired) electrons. The van der Waals surface area contributed by atoms with E-state index >= 15 is 0 Å². The average molecular weight is 189 g/mol. The van der Waals surface area contributed by atoms with Crippen molar-refractivity contribution in [2.24, 2.45) is 0 Å². The molecular weight excluding hydrogens is 172 g/mol. The predicted molar refractivity (Wildman–Crippen MR) is 59.3 cm³/mol. The first-order chi connectivity index (χ1) is 6.72. The highest BCUT2D eigenvalue weighted by Crippen LogP contribution is 2.19. The van der Waals surface area contributed by atoms with Gasteiger partial charge in [-0.1, -0.05) is 31.5 Å². The fourth-order valence-corrected chi connectivity index (χ4v) is 1.90. The molecule has 0 aliphatic heterocycles. The zero-order valence-corrected chi connectivity index (χ0v) is 9.18. The zero-order valence-electron chi connectivity index (χ0n) is 9.18. The SMILES string of the molecule is CCc1cc(C)cc(CC)c1C[C]=O. The van der Waals surface area contributed by atoms with Crippen molar-refractivity contribution in [1.29, 1.82) is 0 Å². The van der Waals surface area contributed by atoms with E-state index in [9.17, 15) is 4.79 Å². The van der Waals surface area contributed by atoms with Crippen molar-refractivity contribution in [2.45, 2.75) is 40.0 Å². The minimum absolute atomic E-state index is 0.437. The van der Waals surface area contributed by atoms with Gasteiger partial charge in [0, 0.05) is 6.42 Å². The van der Waals surface area contributed by atoms with E-state index in [0.717, 1.165) is 12.8 Å². The summed E-state index contributed by atoms with van der Waals surface area (Å²) in [7, 11) is 0. The van der Waals surface area contributed by atoms with Crippen LogP contribution >= 0.6 is 0 Å². The smallest absolute Gasteiger partial charge is 0.203 e. The van der Waals surface area contributed by atoms with Gasteiger partial charge >= 0.3 is 0 Å². The Balaban J connectivity index is 3.24. The lowest BCUT2D eigenvalue weighted by molar-refractivity contribution is 0.555. The molecule has 75 valence electrons. The van der Waals surface area contributed by atoms with Crippen LogP contribution in [-0.4, -0.2) is 6.29 Å². The molecule has 1 nitrogen and oxygen atoms in total. The Kier molecular flexibility index (Phi) is 3.87. The number of rotatable bonds is 4. The predicted octanol–water partition coefficient (Wildman–Crippen LogP) is 2.77. The van der Waals surface area contributed by atoms with E-state index in [0.29, 0.717) is 6.42 Å². The van der Waals surface area contributed by atoms with Gasteiger partial charge in [-0.15, -0.1) is 0 Å². The maximum atomic E-state index is 10.5. The summed E-state index contributed by atoms with van der Waals surface area (Å²) in [4.78, 5) is 10.5. The molecule has 1 heteroatoms. The summed E-state index contributed by atoms with van der Waals surface area (Å²) < 4.78 is 0. The summed E-state index contributed by atoms with van der Waals surface area (Å²) in [6.07, 6.45) is 4.42.